The third-order valence-corrected chi connectivity index (χ3v) is 4.82. The van der Waals surface area contributed by atoms with E-state index in [2.05, 4.69) is 4.98 Å². The molecule has 0 atom stereocenters. The summed E-state index contributed by atoms with van der Waals surface area (Å²) in [5.41, 5.74) is 0.667. The van der Waals surface area contributed by atoms with Gasteiger partial charge in [0.15, 0.2) is 17.2 Å². The molecule has 5 nitrogen and oxygen atoms in total. The van der Waals surface area contributed by atoms with E-state index in [1.807, 2.05) is 23.6 Å². The number of hydrogen-bond acceptors (Lipinski definition) is 7. The normalized spacial score (nSPS) is 10.1. The van der Waals surface area contributed by atoms with Crippen LogP contribution in [0, 0.1) is 11.3 Å². The molecule has 0 amide bonds. The minimum atomic E-state index is -0.563. The number of rotatable bonds is 4. The number of carbonyl (C=O) groups excluding carboxylic acids is 1. The minimum Gasteiger partial charge on any atom is -0.493 e. The lowest BCUT2D eigenvalue weighted by Gasteiger charge is -2.08. The average molecular weight is 342 g/mol. The fourth-order valence-electron chi connectivity index (χ4n) is 1.85. The van der Waals surface area contributed by atoms with Gasteiger partial charge in [0.1, 0.15) is 5.01 Å². The smallest absolute Gasteiger partial charge is 0.363 e. The van der Waals surface area contributed by atoms with Crippen LogP contribution >= 0.6 is 22.7 Å². The van der Waals surface area contributed by atoms with Crippen molar-refractivity contribution < 1.29 is 14.3 Å². The van der Waals surface area contributed by atoms with Crippen LogP contribution in [0.15, 0.2) is 41.1 Å². The molecule has 0 aliphatic rings. The molecule has 0 radical (unpaired) electrons. The van der Waals surface area contributed by atoms with E-state index >= 15 is 0 Å². The molecular weight excluding hydrogens is 332 g/mol. The van der Waals surface area contributed by atoms with Gasteiger partial charge in [0.25, 0.3) is 0 Å². The van der Waals surface area contributed by atoms with Crippen LogP contribution in [0.2, 0.25) is 0 Å². The second kappa shape index (κ2) is 6.60. The van der Waals surface area contributed by atoms with Crippen molar-refractivity contribution in [3.05, 3.63) is 52.3 Å². The third kappa shape index (κ3) is 3.23. The fourth-order valence-corrected chi connectivity index (χ4v) is 3.46. The lowest BCUT2D eigenvalue weighted by molar-refractivity contribution is 0.0724. The van der Waals surface area contributed by atoms with E-state index in [1.165, 1.54) is 30.6 Å². The Labute approximate surface area is 140 Å². The number of hydrogen-bond donors (Lipinski definition) is 0. The largest absolute Gasteiger partial charge is 0.493 e. The SMILES string of the molecule is COc1cc(C#N)ccc1OC(=O)c1csc(-c2cccs2)n1. The van der Waals surface area contributed by atoms with Gasteiger partial charge in [0.05, 0.1) is 23.6 Å². The first-order chi connectivity index (χ1) is 11.2. The minimum absolute atomic E-state index is 0.241. The Morgan fingerprint density at radius 3 is 2.83 bits per heavy atom. The van der Waals surface area contributed by atoms with E-state index in [0.29, 0.717) is 11.3 Å². The molecule has 2 aromatic heterocycles. The molecule has 3 rings (SSSR count). The molecule has 0 bridgehead atoms. The van der Waals surface area contributed by atoms with Gasteiger partial charge in [0, 0.05) is 11.4 Å². The first-order valence-corrected chi connectivity index (χ1v) is 8.27. The van der Waals surface area contributed by atoms with Crippen molar-refractivity contribution in [2.45, 2.75) is 0 Å². The molecule has 3 aromatic rings. The van der Waals surface area contributed by atoms with Crippen LogP contribution < -0.4 is 9.47 Å². The zero-order valence-corrected chi connectivity index (χ0v) is 13.6. The Bertz CT molecular complexity index is 879. The fraction of sp³-hybridized carbons (Fsp3) is 0.0625. The highest BCUT2D eigenvalue weighted by Crippen LogP contribution is 2.30. The maximum atomic E-state index is 12.2. The van der Waals surface area contributed by atoms with E-state index in [-0.39, 0.29) is 11.4 Å². The number of methoxy groups -OCH3 is 1. The number of ether oxygens (including phenoxy) is 2. The van der Waals surface area contributed by atoms with E-state index in [0.717, 1.165) is 9.88 Å². The van der Waals surface area contributed by atoms with Crippen molar-refractivity contribution in [2.75, 3.05) is 7.11 Å². The van der Waals surface area contributed by atoms with Gasteiger partial charge in [-0.05, 0) is 23.6 Å². The van der Waals surface area contributed by atoms with Crippen LogP contribution in [0.5, 0.6) is 11.5 Å². The lowest BCUT2D eigenvalue weighted by Crippen LogP contribution is -2.09. The van der Waals surface area contributed by atoms with Crippen molar-refractivity contribution in [3.63, 3.8) is 0 Å². The monoisotopic (exact) mass is 342 g/mol. The molecule has 0 N–H and O–H groups in total. The maximum absolute atomic E-state index is 12.2. The third-order valence-electron chi connectivity index (χ3n) is 2.94. The summed E-state index contributed by atoms with van der Waals surface area (Å²) in [7, 11) is 1.45. The van der Waals surface area contributed by atoms with Gasteiger partial charge in [0.2, 0.25) is 0 Å². The molecule has 1 aromatic carbocycles. The van der Waals surface area contributed by atoms with Crippen LogP contribution in [0.25, 0.3) is 9.88 Å². The van der Waals surface area contributed by atoms with Gasteiger partial charge in [-0.15, -0.1) is 22.7 Å². The molecule has 0 fully saturated rings. The van der Waals surface area contributed by atoms with Crippen molar-refractivity contribution in [1.29, 1.82) is 5.26 Å². The number of aromatic nitrogens is 1. The van der Waals surface area contributed by atoms with Crippen LogP contribution in [0.4, 0.5) is 0 Å². The molecule has 0 aliphatic heterocycles. The number of esters is 1. The number of nitriles is 1. The highest BCUT2D eigenvalue weighted by atomic mass is 32.1. The molecular formula is C16H10N2O3S2. The molecule has 0 saturated heterocycles. The topological polar surface area (TPSA) is 72.2 Å². The summed E-state index contributed by atoms with van der Waals surface area (Å²) in [5, 5.41) is 13.3. The van der Waals surface area contributed by atoms with Crippen LogP contribution in [-0.4, -0.2) is 18.1 Å². The number of thiazole rings is 1. The second-order valence-corrected chi connectivity index (χ2v) is 6.19. The summed E-state index contributed by atoms with van der Waals surface area (Å²) in [4.78, 5) is 17.5. The summed E-state index contributed by atoms with van der Waals surface area (Å²) < 4.78 is 10.5. The first-order valence-electron chi connectivity index (χ1n) is 6.51. The van der Waals surface area contributed by atoms with Gasteiger partial charge in [-0.25, -0.2) is 9.78 Å². The molecule has 2 heterocycles. The summed E-state index contributed by atoms with van der Waals surface area (Å²) >= 11 is 2.95. The standard InChI is InChI=1S/C16H10N2O3S2/c1-20-13-7-10(8-17)4-5-12(13)21-16(19)11-9-23-15(18-11)14-3-2-6-22-14/h2-7,9H,1H3. The zero-order valence-electron chi connectivity index (χ0n) is 12.0. The molecule has 0 unspecified atom stereocenters. The summed E-state index contributed by atoms with van der Waals surface area (Å²) in [6.45, 7) is 0. The predicted octanol–water partition coefficient (Wildman–Crippen LogP) is 3.97. The van der Waals surface area contributed by atoms with Crippen molar-refractivity contribution >= 4 is 28.6 Å². The highest BCUT2D eigenvalue weighted by Gasteiger charge is 2.17. The maximum Gasteiger partial charge on any atom is 0.363 e. The zero-order chi connectivity index (χ0) is 16.2. The molecule has 0 saturated carbocycles. The lowest BCUT2D eigenvalue weighted by atomic mass is 10.2. The van der Waals surface area contributed by atoms with E-state index in [4.69, 9.17) is 14.7 Å². The van der Waals surface area contributed by atoms with E-state index < -0.39 is 5.97 Å². The van der Waals surface area contributed by atoms with Crippen LogP contribution in [-0.2, 0) is 0 Å². The van der Waals surface area contributed by atoms with Gasteiger partial charge in [-0.1, -0.05) is 6.07 Å². The van der Waals surface area contributed by atoms with Gasteiger partial charge in [-0.2, -0.15) is 5.26 Å². The number of thiophene rings is 1. The number of carbonyl (C=O) groups is 1. The Hall–Kier alpha value is -2.69. The summed E-state index contributed by atoms with van der Waals surface area (Å²) in [6, 6.07) is 10.5. The predicted molar refractivity (Wildman–Crippen MR) is 88.1 cm³/mol. The van der Waals surface area contributed by atoms with E-state index in [9.17, 15) is 4.79 Å². The second-order valence-electron chi connectivity index (χ2n) is 4.38. The Morgan fingerprint density at radius 1 is 1.26 bits per heavy atom. The van der Waals surface area contributed by atoms with Crippen molar-refractivity contribution in [3.8, 4) is 27.5 Å². The van der Waals surface area contributed by atoms with Gasteiger partial charge < -0.3 is 9.47 Å². The number of benzene rings is 1. The van der Waals surface area contributed by atoms with E-state index in [1.54, 1.807) is 22.8 Å². The molecule has 114 valence electrons. The van der Waals surface area contributed by atoms with Crippen molar-refractivity contribution in [2.24, 2.45) is 0 Å². The van der Waals surface area contributed by atoms with Gasteiger partial charge in [-0.3, -0.25) is 0 Å². The molecule has 7 heteroatoms. The first kappa shape index (κ1) is 15.2. The average Bonchev–Trinajstić information content (AvgIpc) is 3.26. The Morgan fingerprint density at radius 2 is 2.13 bits per heavy atom. The van der Waals surface area contributed by atoms with Crippen LogP contribution in [0.1, 0.15) is 16.1 Å². The highest BCUT2D eigenvalue weighted by molar-refractivity contribution is 7.20. The number of nitrogens with zero attached hydrogens (tertiary/aromatic N) is 2. The molecule has 0 aliphatic carbocycles. The quantitative estimate of drug-likeness (QED) is 0.530. The molecule has 0 spiro atoms. The van der Waals surface area contributed by atoms with Crippen molar-refractivity contribution in [1.82, 2.24) is 4.98 Å². The Balaban J connectivity index is 1.81. The molecule has 23 heavy (non-hydrogen) atoms. The van der Waals surface area contributed by atoms with Crippen LogP contribution in [0.3, 0.4) is 0 Å². The summed E-state index contributed by atoms with van der Waals surface area (Å²) in [5.74, 6) is 0.0142. The summed E-state index contributed by atoms with van der Waals surface area (Å²) in [6.07, 6.45) is 0. The van der Waals surface area contributed by atoms with Gasteiger partial charge >= 0.3 is 5.97 Å². The Kier molecular flexibility index (Phi) is 4.37.